The zero-order valence-electron chi connectivity index (χ0n) is 6.94. The van der Waals surface area contributed by atoms with Crippen molar-refractivity contribution in [3.05, 3.63) is 35.3 Å². The first-order chi connectivity index (χ1) is 6.32. The van der Waals surface area contributed by atoms with Crippen LogP contribution in [-0.2, 0) is 0 Å². The Bertz CT molecular complexity index is 345. The van der Waals surface area contributed by atoms with Crippen LogP contribution in [0.3, 0.4) is 0 Å². The molecule has 0 spiro atoms. The first kappa shape index (κ1) is 11.1. The summed E-state index contributed by atoms with van der Waals surface area (Å²) in [5, 5.41) is -0.00887. The van der Waals surface area contributed by atoms with Crippen LogP contribution in [0.4, 0.5) is 13.2 Å². The Hall–Kier alpha value is -0.940. The van der Waals surface area contributed by atoms with Gasteiger partial charge in [0.1, 0.15) is 5.76 Å². The molecule has 0 bridgehead atoms. The van der Waals surface area contributed by atoms with Crippen LogP contribution < -0.4 is 5.73 Å². The summed E-state index contributed by atoms with van der Waals surface area (Å²) >= 11 is 5.39. The molecule has 0 fully saturated rings. The molecule has 1 aromatic heterocycles. The smallest absolute Gasteiger partial charge is 0.414 e. The molecule has 0 saturated heterocycles. The summed E-state index contributed by atoms with van der Waals surface area (Å²) in [5.74, 6) is -0.0580. The van der Waals surface area contributed by atoms with E-state index in [1.165, 1.54) is 12.1 Å². The minimum absolute atomic E-state index is 0.00887. The Labute approximate surface area is 83.1 Å². The summed E-state index contributed by atoms with van der Waals surface area (Å²) in [6.45, 7) is 2.86. The number of alkyl halides is 3. The summed E-state index contributed by atoms with van der Waals surface area (Å²) in [6, 6.07) is 1.19. The van der Waals surface area contributed by atoms with Gasteiger partial charge in [0.15, 0.2) is 5.22 Å². The zero-order valence-corrected chi connectivity index (χ0v) is 7.69. The molecule has 0 aliphatic rings. The number of hydrogen-bond donors (Lipinski definition) is 1. The van der Waals surface area contributed by atoms with E-state index in [0.717, 1.165) is 0 Å². The Morgan fingerprint density at radius 2 is 2.07 bits per heavy atom. The van der Waals surface area contributed by atoms with E-state index in [4.69, 9.17) is 21.8 Å². The van der Waals surface area contributed by atoms with E-state index in [1.807, 2.05) is 0 Å². The fourth-order valence-electron chi connectivity index (χ4n) is 0.843. The fraction of sp³-hybridized carbons (Fsp3) is 0.250. The molecule has 14 heavy (non-hydrogen) atoms. The standard InChI is InChI=1S/C8H7ClF3NO/c1-4(8(10,11)12)7(13)5-2-3-6(9)14-5/h2-3,7H,1,13H2. The van der Waals surface area contributed by atoms with Crippen molar-refractivity contribution >= 4 is 11.6 Å². The Morgan fingerprint density at radius 1 is 1.50 bits per heavy atom. The molecule has 1 heterocycles. The first-order valence-electron chi connectivity index (χ1n) is 3.59. The van der Waals surface area contributed by atoms with E-state index in [1.54, 1.807) is 0 Å². The van der Waals surface area contributed by atoms with Gasteiger partial charge in [-0.1, -0.05) is 6.58 Å². The summed E-state index contributed by atoms with van der Waals surface area (Å²) < 4.78 is 41.2. The quantitative estimate of drug-likeness (QED) is 0.786. The van der Waals surface area contributed by atoms with Crippen LogP contribution in [0.1, 0.15) is 11.8 Å². The van der Waals surface area contributed by atoms with Crippen LogP contribution in [0, 0.1) is 0 Å². The van der Waals surface area contributed by atoms with Gasteiger partial charge < -0.3 is 10.2 Å². The third-order valence-electron chi connectivity index (χ3n) is 1.64. The highest BCUT2D eigenvalue weighted by Gasteiger charge is 2.37. The van der Waals surface area contributed by atoms with Crippen LogP contribution >= 0.6 is 11.6 Å². The fourth-order valence-corrected chi connectivity index (χ4v) is 0.996. The Balaban J connectivity index is 2.86. The maximum Gasteiger partial charge on any atom is 0.414 e. The number of hydrogen-bond acceptors (Lipinski definition) is 2. The van der Waals surface area contributed by atoms with Gasteiger partial charge in [-0.05, 0) is 23.7 Å². The molecule has 0 saturated carbocycles. The van der Waals surface area contributed by atoms with Gasteiger partial charge >= 0.3 is 6.18 Å². The van der Waals surface area contributed by atoms with Gasteiger partial charge in [0.25, 0.3) is 0 Å². The SMILES string of the molecule is C=C(C(N)c1ccc(Cl)o1)C(F)(F)F. The molecular formula is C8H7ClF3NO. The van der Waals surface area contributed by atoms with Gasteiger partial charge in [-0.2, -0.15) is 13.2 Å². The van der Waals surface area contributed by atoms with Crippen LogP contribution in [0.2, 0.25) is 5.22 Å². The molecule has 2 nitrogen and oxygen atoms in total. The zero-order chi connectivity index (χ0) is 10.9. The van der Waals surface area contributed by atoms with Crippen LogP contribution in [0.15, 0.2) is 28.7 Å². The largest absolute Gasteiger partial charge is 0.448 e. The monoisotopic (exact) mass is 225 g/mol. The molecule has 0 aliphatic heterocycles. The van der Waals surface area contributed by atoms with Crippen LogP contribution in [0.5, 0.6) is 0 Å². The molecule has 0 aliphatic carbocycles. The molecule has 1 rings (SSSR count). The van der Waals surface area contributed by atoms with Crippen LogP contribution in [0.25, 0.3) is 0 Å². The highest BCUT2D eigenvalue weighted by molar-refractivity contribution is 6.28. The molecule has 78 valence electrons. The highest BCUT2D eigenvalue weighted by Crippen LogP contribution is 2.33. The maximum atomic E-state index is 12.1. The predicted octanol–water partition coefficient (Wildman–Crippen LogP) is 3.05. The van der Waals surface area contributed by atoms with Gasteiger partial charge in [0.2, 0.25) is 0 Å². The third-order valence-corrected chi connectivity index (χ3v) is 1.84. The summed E-state index contributed by atoms with van der Waals surface area (Å²) in [5.41, 5.74) is 4.20. The van der Waals surface area contributed by atoms with Gasteiger partial charge in [0.05, 0.1) is 11.6 Å². The van der Waals surface area contributed by atoms with Gasteiger partial charge in [-0.15, -0.1) is 0 Å². The van der Waals surface area contributed by atoms with E-state index >= 15 is 0 Å². The van der Waals surface area contributed by atoms with E-state index < -0.39 is 17.8 Å². The number of rotatable bonds is 2. The van der Waals surface area contributed by atoms with Crippen molar-refractivity contribution in [2.75, 3.05) is 0 Å². The van der Waals surface area contributed by atoms with Crippen LogP contribution in [-0.4, -0.2) is 6.18 Å². The van der Waals surface area contributed by atoms with Crippen molar-refractivity contribution in [2.24, 2.45) is 5.73 Å². The second-order valence-corrected chi connectivity index (χ2v) is 3.02. The molecular weight excluding hydrogens is 219 g/mol. The highest BCUT2D eigenvalue weighted by atomic mass is 35.5. The minimum Gasteiger partial charge on any atom is -0.448 e. The van der Waals surface area contributed by atoms with Crippen molar-refractivity contribution in [1.29, 1.82) is 0 Å². The number of furan rings is 1. The van der Waals surface area contributed by atoms with Gasteiger partial charge in [-0.25, -0.2) is 0 Å². The normalized spacial score (nSPS) is 14.1. The van der Waals surface area contributed by atoms with Gasteiger partial charge in [-0.3, -0.25) is 0 Å². The molecule has 0 aromatic carbocycles. The number of halogens is 4. The average Bonchev–Trinajstić information content (AvgIpc) is 2.47. The molecule has 0 amide bonds. The lowest BCUT2D eigenvalue weighted by Crippen LogP contribution is -2.23. The minimum atomic E-state index is -4.53. The molecule has 0 radical (unpaired) electrons. The molecule has 1 aromatic rings. The lowest BCUT2D eigenvalue weighted by Gasteiger charge is -2.14. The number of nitrogens with two attached hydrogens (primary N) is 1. The third kappa shape index (κ3) is 2.30. The maximum absolute atomic E-state index is 12.1. The molecule has 1 atom stereocenters. The lowest BCUT2D eigenvalue weighted by molar-refractivity contribution is -0.0958. The van der Waals surface area contributed by atoms with Crippen molar-refractivity contribution < 1.29 is 17.6 Å². The van der Waals surface area contributed by atoms with Crippen molar-refractivity contribution in [3.63, 3.8) is 0 Å². The molecule has 1 unspecified atom stereocenters. The van der Waals surface area contributed by atoms with E-state index in [2.05, 4.69) is 6.58 Å². The lowest BCUT2D eigenvalue weighted by atomic mass is 10.1. The molecule has 2 N–H and O–H groups in total. The summed E-state index contributed by atoms with van der Waals surface area (Å²) in [4.78, 5) is 0. The molecule has 6 heteroatoms. The van der Waals surface area contributed by atoms with E-state index in [0.29, 0.717) is 0 Å². The second-order valence-electron chi connectivity index (χ2n) is 2.64. The van der Waals surface area contributed by atoms with E-state index in [9.17, 15) is 13.2 Å². The van der Waals surface area contributed by atoms with E-state index in [-0.39, 0.29) is 11.0 Å². The summed E-state index contributed by atoms with van der Waals surface area (Å²) in [6.07, 6.45) is -4.53. The average molecular weight is 226 g/mol. The second kappa shape index (κ2) is 3.67. The first-order valence-corrected chi connectivity index (χ1v) is 3.97. The Morgan fingerprint density at radius 3 is 2.43 bits per heavy atom. The summed E-state index contributed by atoms with van der Waals surface area (Å²) in [7, 11) is 0. The Kier molecular flexibility index (Phi) is 2.92. The van der Waals surface area contributed by atoms with Crippen molar-refractivity contribution in [3.8, 4) is 0 Å². The van der Waals surface area contributed by atoms with Crippen molar-refractivity contribution in [2.45, 2.75) is 12.2 Å². The van der Waals surface area contributed by atoms with Crippen molar-refractivity contribution in [1.82, 2.24) is 0 Å². The predicted molar refractivity (Wildman–Crippen MR) is 45.8 cm³/mol. The topological polar surface area (TPSA) is 39.2 Å². The van der Waals surface area contributed by atoms with Gasteiger partial charge in [0, 0.05) is 0 Å².